The first-order valence-corrected chi connectivity index (χ1v) is 9.07. The van der Waals surface area contributed by atoms with Crippen LogP contribution in [0, 0.1) is 6.92 Å². The smallest absolute Gasteiger partial charge is 0.348 e. The number of thiocarbonyl (C=S) groups is 1. The van der Waals surface area contributed by atoms with Crippen molar-refractivity contribution in [2.24, 2.45) is 0 Å². The molecule has 0 aliphatic rings. The molecule has 1 aromatic heterocycles. The van der Waals surface area contributed by atoms with Gasteiger partial charge < -0.3 is 20.1 Å². The average molecular weight is 413 g/mol. The van der Waals surface area contributed by atoms with Crippen molar-refractivity contribution in [1.29, 1.82) is 0 Å². The number of esters is 2. The van der Waals surface area contributed by atoms with Crippen LogP contribution in [0.25, 0.3) is 0 Å². The molecular weight excluding hydrogens is 396 g/mol. The molecule has 9 heteroatoms. The van der Waals surface area contributed by atoms with Crippen LogP contribution in [-0.4, -0.2) is 31.3 Å². The van der Waals surface area contributed by atoms with E-state index in [9.17, 15) is 9.59 Å². The van der Waals surface area contributed by atoms with Crippen LogP contribution in [-0.2, 0) is 16.0 Å². The van der Waals surface area contributed by atoms with E-state index in [2.05, 4.69) is 10.6 Å². The molecule has 0 saturated carbocycles. The highest BCUT2D eigenvalue weighted by Crippen LogP contribution is 2.34. The maximum Gasteiger partial charge on any atom is 0.348 e. The summed E-state index contributed by atoms with van der Waals surface area (Å²) in [4.78, 5) is 24.3. The van der Waals surface area contributed by atoms with E-state index in [1.165, 1.54) is 14.2 Å². The number of nitrogens with one attached hydrogen (secondary N) is 2. The third-order valence-electron chi connectivity index (χ3n) is 3.48. The average Bonchev–Trinajstić information content (AvgIpc) is 2.94. The maximum absolute atomic E-state index is 12.1. The van der Waals surface area contributed by atoms with E-state index < -0.39 is 11.9 Å². The van der Waals surface area contributed by atoms with E-state index in [4.69, 9.17) is 33.3 Å². The zero-order valence-electron chi connectivity index (χ0n) is 14.3. The van der Waals surface area contributed by atoms with E-state index >= 15 is 0 Å². The molecule has 0 unspecified atom stereocenters. The second-order valence-corrected chi connectivity index (χ2v) is 7.05. The second kappa shape index (κ2) is 8.98. The molecular formula is C17H17ClN2O4S2. The summed E-state index contributed by atoms with van der Waals surface area (Å²) in [7, 11) is 2.56. The molecule has 0 aliphatic heterocycles. The number of hydrogen-bond acceptors (Lipinski definition) is 6. The van der Waals surface area contributed by atoms with E-state index in [0.717, 1.165) is 16.9 Å². The topological polar surface area (TPSA) is 76.7 Å². The zero-order valence-corrected chi connectivity index (χ0v) is 16.7. The van der Waals surface area contributed by atoms with Crippen LogP contribution in [0.15, 0.2) is 24.3 Å². The number of carbonyl (C=O) groups excluding carboxylic acids is 2. The van der Waals surface area contributed by atoms with Crippen LogP contribution in [0.5, 0.6) is 0 Å². The number of rotatable bonds is 5. The van der Waals surface area contributed by atoms with Crippen LogP contribution in [0.1, 0.15) is 31.2 Å². The fraction of sp³-hybridized carbons (Fsp3) is 0.235. The lowest BCUT2D eigenvalue weighted by molar-refractivity contribution is 0.0601. The van der Waals surface area contributed by atoms with Gasteiger partial charge in [0.1, 0.15) is 9.88 Å². The molecule has 0 fully saturated rings. The number of thiophene rings is 1. The molecule has 1 heterocycles. The second-order valence-electron chi connectivity index (χ2n) is 5.18. The van der Waals surface area contributed by atoms with Crippen molar-refractivity contribution in [2.45, 2.75) is 13.5 Å². The minimum Gasteiger partial charge on any atom is -0.465 e. The molecule has 2 N–H and O–H groups in total. The molecule has 2 aromatic rings. The van der Waals surface area contributed by atoms with Crippen LogP contribution in [0.4, 0.5) is 5.00 Å². The number of ether oxygens (including phenoxy) is 2. The summed E-state index contributed by atoms with van der Waals surface area (Å²) in [6.45, 7) is 2.11. The fourth-order valence-electron chi connectivity index (χ4n) is 2.21. The molecule has 1 aromatic carbocycles. The summed E-state index contributed by atoms with van der Waals surface area (Å²) in [6.07, 6.45) is 0. The van der Waals surface area contributed by atoms with Crippen LogP contribution in [0.3, 0.4) is 0 Å². The predicted octanol–water partition coefficient (Wildman–Crippen LogP) is 3.77. The van der Waals surface area contributed by atoms with E-state index in [1.807, 2.05) is 18.2 Å². The Labute approximate surface area is 165 Å². The first kappa shape index (κ1) is 20.2. The van der Waals surface area contributed by atoms with E-state index in [1.54, 1.807) is 13.0 Å². The van der Waals surface area contributed by atoms with Gasteiger partial charge in [0, 0.05) is 11.6 Å². The first-order valence-electron chi connectivity index (χ1n) is 7.46. The summed E-state index contributed by atoms with van der Waals surface area (Å²) < 4.78 is 9.56. The minimum atomic E-state index is -0.561. The van der Waals surface area contributed by atoms with Crippen molar-refractivity contribution < 1.29 is 19.1 Å². The number of benzene rings is 1. The van der Waals surface area contributed by atoms with Gasteiger partial charge in [-0.1, -0.05) is 23.7 Å². The van der Waals surface area contributed by atoms with Gasteiger partial charge in [0.05, 0.1) is 19.8 Å². The fourth-order valence-corrected chi connectivity index (χ4v) is 3.78. The summed E-state index contributed by atoms with van der Waals surface area (Å²) >= 11 is 12.3. The quantitative estimate of drug-likeness (QED) is 0.571. The lowest BCUT2D eigenvalue weighted by Crippen LogP contribution is -2.28. The zero-order chi connectivity index (χ0) is 19.3. The van der Waals surface area contributed by atoms with Crippen molar-refractivity contribution in [1.82, 2.24) is 5.32 Å². The van der Waals surface area contributed by atoms with Gasteiger partial charge in [0.15, 0.2) is 5.11 Å². The summed E-state index contributed by atoms with van der Waals surface area (Å²) in [6, 6.07) is 7.36. The largest absolute Gasteiger partial charge is 0.465 e. The van der Waals surface area contributed by atoms with Gasteiger partial charge in [-0.15, -0.1) is 11.3 Å². The van der Waals surface area contributed by atoms with Gasteiger partial charge in [-0.3, -0.25) is 0 Å². The third-order valence-corrected chi connectivity index (χ3v) is 5.15. The van der Waals surface area contributed by atoms with Crippen LogP contribution in [0.2, 0.25) is 5.02 Å². The monoisotopic (exact) mass is 412 g/mol. The number of hydrogen-bond donors (Lipinski definition) is 2. The molecule has 0 radical (unpaired) electrons. The summed E-state index contributed by atoms with van der Waals surface area (Å²) in [5, 5.41) is 7.33. The Bertz CT molecular complexity index is 851. The normalized spacial score (nSPS) is 10.2. The Hall–Kier alpha value is -2.16. The highest BCUT2D eigenvalue weighted by Gasteiger charge is 2.26. The number of methoxy groups -OCH3 is 2. The summed E-state index contributed by atoms with van der Waals surface area (Å²) in [5.74, 6) is -1.09. The number of halogens is 1. The molecule has 0 amide bonds. The van der Waals surface area contributed by atoms with Gasteiger partial charge in [-0.2, -0.15) is 0 Å². The molecule has 26 heavy (non-hydrogen) atoms. The van der Waals surface area contributed by atoms with Crippen molar-refractivity contribution in [3.63, 3.8) is 0 Å². The predicted molar refractivity (Wildman–Crippen MR) is 106 cm³/mol. The molecule has 0 saturated heterocycles. The van der Waals surface area contributed by atoms with Gasteiger partial charge in [0.25, 0.3) is 0 Å². The van der Waals surface area contributed by atoms with Crippen molar-refractivity contribution in [3.05, 3.63) is 50.9 Å². The van der Waals surface area contributed by atoms with Gasteiger partial charge >= 0.3 is 11.9 Å². The Morgan fingerprint density at radius 3 is 2.54 bits per heavy atom. The van der Waals surface area contributed by atoms with Gasteiger partial charge in [-0.25, -0.2) is 9.59 Å². The van der Waals surface area contributed by atoms with Crippen LogP contribution < -0.4 is 10.6 Å². The highest BCUT2D eigenvalue weighted by molar-refractivity contribution is 7.80. The Morgan fingerprint density at radius 2 is 1.92 bits per heavy atom. The molecule has 0 atom stereocenters. The first-order chi connectivity index (χ1) is 12.4. The highest BCUT2D eigenvalue weighted by atomic mass is 35.5. The third kappa shape index (κ3) is 4.72. The molecule has 2 rings (SSSR count). The van der Waals surface area contributed by atoms with E-state index in [0.29, 0.717) is 32.1 Å². The summed E-state index contributed by atoms with van der Waals surface area (Å²) in [5.41, 5.74) is 1.69. The Balaban J connectivity index is 2.17. The SMILES string of the molecule is COC(=O)c1sc(NC(=S)NCc2cccc(Cl)c2)c(C(=O)OC)c1C. The molecule has 0 aliphatic carbocycles. The molecule has 0 bridgehead atoms. The number of carbonyl (C=O) groups is 2. The van der Waals surface area contributed by atoms with Crippen molar-refractivity contribution in [2.75, 3.05) is 19.5 Å². The number of anilines is 1. The Morgan fingerprint density at radius 1 is 1.23 bits per heavy atom. The standard InChI is InChI=1S/C17H17ClN2O4S2/c1-9-12(15(21)23-2)14(26-13(9)16(22)24-3)20-17(25)19-8-10-5-4-6-11(18)7-10/h4-7H,8H2,1-3H3,(H2,19,20,25). The lowest BCUT2D eigenvalue weighted by atomic mass is 10.1. The Kier molecular flexibility index (Phi) is 6.96. The maximum atomic E-state index is 12.1. The van der Waals surface area contributed by atoms with Gasteiger partial charge in [-0.05, 0) is 42.4 Å². The minimum absolute atomic E-state index is 0.254. The van der Waals surface area contributed by atoms with Crippen LogP contribution >= 0.6 is 35.2 Å². The molecule has 138 valence electrons. The van der Waals surface area contributed by atoms with E-state index in [-0.39, 0.29) is 5.56 Å². The van der Waals surface area contributed by atoms with Crippen molar-refractivity contribution >= 4 is 57.2 Å². The van der Waals surface area contributed by atoms with Gasteiger partial charge in [0.2, 0.25) is 0 Å². The molecule has 6 nitrogen and oxygen atoms in total. The molecule has 0 spiro atoms. The lowest BCUT2D eigenvalue weighted by Gasteiger charge is -2.11. The van der Waals surface area contributed by atoms with Crippen molar-refractivity contribution in [3.8, 4) is 0 Å².